The molecule has 4 nitrogen and oxygen atoms in total. The molecular weight excluding hydrogens is 264 g/mol. The Morgan fingerprint density at radius 2 is 2.00 bits per heavy atom. The Morgan fingerprint density at radius 3 is 2.67 bits per heavy atom. The number of benzene rings is 1. The number of carbonyl (C=O) groups excluding carboxylic acids is 1. The summed E-state index contributed by atoms with van der Waals surface area (Å²) >= 11 is 0. The highest BCUT2D eigenvalue weighted by Gasteiger charge is 2.29. The molecular formula is C17H22N2O2. The van der Waals surface area contributed by atoms with E-state index < -0.39 is 0 Å². The van der Waals surface area contributed by atoms with Crippen molar-refractivity contribution in [3.8, 4) is 0 Å². The first-order valence-electron chi connectivity index (χ1n) is 7.68. The molecule has 1 aromatic carbocycles. The highest BCUT2D eigenvalue weighted by atomic mass is 16.5. The summed E-state index contributed by atoms with van der Waals surface area (Å²) in [6, 6.07) is 7.73. The molecule has 0 spiro atoms. The van der Waals surface area contributed by atoms with Gasteiger partial charge in [-0.2, -0.15) is 0 Å². The lowest BCUT2D eigenvalue weighted by Crippen LogP contribution is -2.21. The van der Waals surface area contributed by atoms with E-state index in [0.717, 1.165) is 36.9 Å². The lowest BCUT2D eigenvalue weighted by Gasteiger charge is -2.13. The molecule has 0 aromatic heterocycles. The molecule has 0 unspecified atom stereocenters. The second-order valence-electron chi connectivity index (χ2n) is 6.53. The van der Waals surface area contributed by atoms with Crippen molar-refractivity contribution in [1.29, 1.82) is 0 Å². The third-order valence-corrected chi connectivity index (χ3v) is 4.11. The Hall–Kier alpha value is -1.84. The molecule has 1 saturated carbocycles. The number of nitrogens with zero attached hydrogens (tertiary/aromatic N) is 1. The summed E-state index contributed by atoms with van der Waals surface area (Å²) in [6.45, 7) is 4.66. The maximum Gasteiger partial charge on any atom is 0.227 e. The van der Waals surface area contributed by atoms with Crippen LogP contribution in [0, 0.1) is 5.92 Å². The SMILES string of the molecule is CC1(C)COC(c2ccccc2NC(=O)C2CCCC2)=N1. The molecule has 1 amide bonds. The molecule has 1 aliphatic carbocycles. The molecule has 1 N–H and O–H groups in total. The van der Waals surface area contributed by atoms with Crippen molar-refractivity contribution in [2.24, 2.45) is 10.9 Å². The third-order valence-electron chi connectivity index (χ3n) is 4.11. The van der Waals surface area contributed by atoms with Gasteiger partial charge in [-0.05, 0) is 38.8 Å². The standard InChI is InChI=1S/C17H22N2O2/c1-17(2)11-21-16(19-17)13-9-5-6-10-14(13)18-15(20)12-7-3-4-8-12/h5-6,9-10,12H,3-4,7-8,11H2,1-2H3,(H,18,20). The van der Waals surface area contributed by atoms with Gasteiger partial charge in [-0.3, -0.25) is 4.79 Å². The van der Waals surface area contributed by atoms with Gasteiger partial charge in [0.25, 0.3) is 0 Å². The van der Waals surface area contributed by atoms with Crippen molar-refractivity contribution in [3.63, 3.8) is 0 Å². The number of nitrogens with one attached hydrogen (secondary N) is 1. The van der Waals surface area contributed by atoms with Crippen molar-refractivity contribution < 1.29 is 9.53 Å². The van der Waals surface area contributed by atoms with Gasteiger partial charge in [0.05, 0.1) is 16.8 Å². The van der Waals surface area contributed by atoms with E-state index in [0.29, 0.717) is 12.5 Å². The molecule has 0 radical (unpaired) electrons. The largest absolute Gasteiger partial charge is 0.475 e. The van der Waals surface area contributed by atoms with Crippen LogP contribution in [0.15, 0.2) is 29.3 Å². The number of anilines is 1. The number of ether oxygens (including phenoxy) is 1. The van der Waals surface area contributed by atoms with E-state index >= 15 is 0 Å². The van der Waals surface area contributed by atoms with E-state index in [9.17, 15) is 4.79 Å². The van der Waals surface area contributed by atoms with Gasteiger partial charge < -0.3 is 10.1 Å². The lowest BCUT2D eigenvalue weighted by atomic mass is 10.1. The average Bonchev–Trinajstić information content (AvgIpc) is 3.08. The van der Waals surface area contributed by atoms with Crippen LogP contribution >= 0.6 is 0 Å². The second kappa shape index (κ2) is 5.51. The summed E-state index contributed by atoms with van der Waals surface area (Å²) in [5.74, 6) is 0.904. The molecule has 1 aliphatic heterocycles. The van der Waals surface area contributed by atoms with Gasteiger partial charge in [0, 0.05) is 5.92 Å². The number of hydrogen-bond donors (Lipinski definition) is 1. The smallest absolute Gasteiger partial charge is 0.227 e. The fourth-order valence-electron chi connectivity index (χ4n) is 2.92. The quantitative estimate of drug-likeness (QED) is 0.926. The second-order valence-corrected chi connectivity index (χ2v) is 6.53. The van der Waals surface area contributed by atoms with Crippen LogP contribution in [0.1, 0.15) is 45.1 Å². The summed E-state index contributed by atoms with van der Waals surface area (Å²) in [7, 11) is 0. The molecule has 0 atom stereocenters. The van der Waals surface area contributed by atoms with E-state index in [-0.39, 0.29) is 17.4 Å². The highest BCUT2D eigenvalue weighted by Crippen LogP contribution is 2.28. The van der Waals surface area contributed by atoms with Gasteiger partial charge >= 0.3 is 0 Å². The van der Waals surface area contributed by atoms with Gasteiger partial charge in [0.2, 0.25) is 11.8 Å². The van der Waals surface area contributed by atoms with Crippen molar-refractivity contribution in [3.05, 3.63) is 29.8 Å². The zero-order chi connectivity index (χ0) is 14.9. The Balaban J connectivity index is 1.81. The van der Waals surface area contributed by atoms with Crippen LogP contribution in [0.2, 0.25) is 0 Å². The van der Waals surface area contributed by atoms with Crippen LogP contribution in [-0.4, -0.2) is 24.0 Å². The average molecular weight is 286 g/mol. The summed E-state index contributed by atoms with van der Waals surface area (Å²) in [6.07, 6.45) is 4.31. The van der Waals surface area contributed by atoms with Crippen LogP contribution in [0.3, 0.4) is 0 Å². The minimum absolute atomic E-state index is 0.123. The zero-order valence-corrected chi connectivity index (χ0v) is 12.7. The molecule has 1 heterocycles. The number of carbonyl (C=O) groups is 1. The normalized spacial score (nSPS) is 21.0. The molecule has 2 aliphatic rings. The molecule has 21 heavy (non-hydrogen) atoms. The summed E-state index contributed by atoms with van der Waals surface area (Å²) < 4.78 is 5.70. The minimum Gasteiger partial charge on any atom is -0.475 e. The summed E-state index contributed by atoms with van der Waals surface area (Å²) in [4.78, 5) is 16.9. The van der Waals surface area contributed by atoms with Crippen LogP contribution in [0.25, 0.3) is 0 Å². The van der Waals surface area contributed by atoms with Gasteiger partial charge in [-0.1, -0.05) is 25.0 Å². The van der Waals surface area contributed by atoms with Crippen molar-refractivity contribution in [2.45, 2.75) is 45.1 Å². The number of aliphatic imine (C=N–C) groups is 1. The van der Waals surface area contributed by atoms with Crippen molar-refractivity contribution in [1.82, 2.24) is 0 Å². The van der Waals surface area contributed by atoms with Crippen molar-refractivity contribution in [2.75, 3.05) is 11.9 Å². The van der Waals surface area contributed by atoms with E-state index in [1.807, 2.05) is 38.1 Å². The third kappa shape index (κ3) is 3.09. The number of para-hydroxylation sites is 1. The first-order chi connectivity index (χ1) is 10.1. The molecule has 112 valence electrons. The Labute approximate surface area is 125 Å². The number of hydrogen-bond acceptors (Lipinski definition) is 3. The molecule has 4 heteroatoms. The van der Waals surface area contributed by atoms with Crippen molar-refractivity contribution >= 4 is 17.5 Å². The summed E-state index contributed by atoms with van der Waals surface area (Å²) in [5.41, 5.74) is 1.47. The molecule has 0 saturated heterocycles. The lowest BCUT2D eigenvalue weighted by molar-refractivity contribution is -0.119. The van der Waals surface area contributed by atoms with Gasteiger partial charge in [0.15, 0.2) is 0 Å². The maximum absolute atomic E-state index is 12.3. The van der Waals surface area contributed by atoms with E-state index in [1.165, 1.54) is 0 Å². The Bertz CT molecular complexity index is 572. The first-order valence-corrected chi connectivity index (χ1v) is 7.68. The Morgan fingerprint density at radius 1 is 1.29 bits per heavy atom. The minimum atomic E-state index is -0.197. The molecule has 3 rings (SSSR count). The highest BCUT2D eigenvalue weighted by molar-refractivity contribution is 6.04. The van der Waals surface area contributed by atoms with E-state index in [4.69, 9.17) is 4.74 Å². The van der Waals surface area contributed by atoms with Crippen LogP contribution in [0.5, 0.6) is 0 Å². The molecule has 1 fully saturated rings. The van der Waals surface area contributed by atoms with Crippen LogP contribution in [0.4, 0.5) is 5.69 Å². The zero-order valence-electron chi connectivity index (χ0n) is 12.7. The van der Waals surface area contributed by atoms with E-state index in [2.05, 4.69) is 10.3 Å². The first kappa shape index (κ1) is 14.1. The maximum atomic E-state index is 12.3. The van der Waals surface area contributed by atoms with Gasteiger partial charge in [-0.15, -0.1) is 0 Å². The number of amides is 1. The topological polar surface area (TPSA) is 50.7 Å². The number of rotatable bonds is 3. The predicted octanol–water partition coefficient (Wildman–Crippen LogP) is 3.37. The summed E-state index contributed by atoms with van der Waals surface area (Å²) in [5, 5.41) is 3.06. The Kier molecular flexibility index (Phi) is 3.70. The van der Waals surface area contributed by atoms with Crippen LogP contribution < -0.4 is 5.32 Å². The fourth-order valence-corrected chi connectivity index (χ4v) is 2.92. The van der Waals surface area contributed by atoms with Gasteiger partial charge in [0.1, 0.15) is 6.61 Å². The van der Waals surface area contributed by atoms with Gasteiger partial charge in [-0.25, -0.2) is 4.99 Å². The molecule has 0 bridgehead atoms. The predicted molar refractivity (Wildman–Crippen MR) is 83.6 cm³/mol. The van der Waals surface area contributed by atoms with E-state index in [1.54, 1.807) is 0 Å². The molecule has 1 aromatic rings. The van der Waals surface area contributed by atoms with Crippen LogP contribution in [-0.2, 0) is 9.53 Å². The fraction of sp³-hybridized carbons (Fsp3) is 0.529. The monoisotopic (exact) mass is 286 g/mol.